The molecule has 0 spiro atoms. The molecule has 1 aromatic carbocycles. The van der Waals surface area contributed by atoms with E-state index in [0.29, 0.717) is 40.9 Å². The molecule has 3 saturated carbocycles. The van der Waals surface area contributed by atoms with Crippen molar-refractivity contribution in [2.45, 2.75) is 82.2 Å². The number of nitrogens with one attached hydrogen (secondary N) is 1. The van der Waals surface area contributed by atoms with E-state index in [1.165, 1.54) is 5.56 Å². The van der Waals surface area contributed by atoms with Gasteiger partial charge in [-0.25, -0.2) is 9.78 Å². The van der Waals surface area contributed by atoms with E-state index in [9.17, 15) is 14.7 Å². The summed E-state index contributed by atoms with van der Waals surface area (Å²) in [5.41, 5.74) is 3.20. The molecule has 3 aliphatic heterocycles. The SMILES string of the molecule is CC[C@@]1(O)C(=O)OCc2c1cc1n(c2=O)Cc2c-1nc1cc3c(cc1c2C12CC(NC(C)C)(C1)C2)OCO3. The van der Waals surface area contributed by atoms with Crippen molar-refractivity contribution in [2.75, 3.05) is 6.79 Å². The number of pyridine rings is 2. The molecule has 5 heterocycles. The van der Waals surface area contributed by atoms with E-state index in [1.807, 2.05) is 12.1 Å². The maximum absolute atomic E-state index is 13.8. The van der Waals surface area contributed by atoms with Crippen LogP contribution in [0.5, 0.6) is 11.5 Å². The van der Waals surface area contributed by atoms with Crippen LogP contribution in [0.3, 0.4) is 0 Å². The second-order valence-corrected chi connectivity index (χ2v) is 12.0. The molecule has 3 aliphatic carbocycles. The van der Waals surface area contributed by atoms with E-state index in [0.717, 1.165) is 41.4 Å². The van der Waals surface area contributed by atoms with Gasteiger partial charge in [0.1, 0.15) is 6.61 Å². The molecule has 9 nitrogen and oxygen atoms in total. The maximum Gasteiger partial charge on any atom is 0.343 e. The number of fused-ring (bicyclic) bond motifs is 6. The average Bonchev–Trinajstić information content (AvgIpc) is 3.45. The number of benzene rings is 1. The first-order valence-electron chi connectivity index (χ1n) is 13.4. The van der Waals surface area contributed by atoms with Crippen molar-refractivity contribution in [2.24, 2.45) is 0 Å². The van der Waals surface area contributed by atoms with Gasteiger partial charge in [-0.15, -0.1) is 0 Å². The number of hydrogen-bond donors (Lipinski definition) is 2. The Hall–Kier alpha value is -3.43. The third-order valence-corrected chi connectivity index (χ3v) is 9.34. The third kappa shape index (κ3) is 2.61. The number of esters is 1. The fourth-order valence-corrected chi connectivity index (χ4v) is 7.89. The summed E-state index contributed by atoms with van der Waals surface area (Å²) in [6.07, 6.45) is 3.23. The zero-order valence-electron chi connectivity index (χ0n) is 21.6. The first-order chi connectivity index (χ1) is 18.2. The molecule has 9 heteroatoms. The number of carbonyl (C=O) groups excluding carboxylic acids is 1. The molecule has 3 aromatic rings. The Balaban J connectivity index is 1.36. The minimum absolute atomic E-state index is 0.00929. The van der Waals surface area contributed by atoms with E-state index in [-0.39, 0.29) is 36.3 Å². The Morgan fingerprint density at radius 1 is 1.08 bits per heavy atom. The van der Waals surface area contributed by atoms with Crippen LogP contribution in [0.1, 0.15) is 68.7 Å². The molecular weight excluding hydrogens is 486 g/mol. The van der Waals surface area contributed by atoms with Gasteiger partial charge in [-0.05, 0) is 43.4 Å². The van der Waals surface area contributed by atoms with Crippen molar-refractivity contribution in [1.82, 2.24) is 14.9 Å². The summed E-state index contributed by atoms with van der Waals surface area (Å²) >= 11 is 0. The van der Waals surface area contributed by atoms with E-state index >= 15 is 0 Å². The van der Waals surface area contributed by atoms with Crippen LogP contribution in [0, 0.1) is 0 Å². The normalized spacial score (nSPS) is 29.4. The number of nitrogens with zero attached hydrogens (tertiary/aromatic N) is 2. The van der Waals surface area contributed by atoms with Crippen molar-refractivity contribution >= 4 is 16.9 Å². The number of hydrogen-bond acceptors (Lipinski definition) is 8. The highest BCUT2D eigenvalue weighted by atomic mass is 16.7. The van der Waals surface area contributed by atoms with Crippen LogP contribution in [-0.2, 0) is 33.7 Å². The Bertz CT molecular complexity index is 1650. The van der Waals surface area contributed by atoms with E-state index < -0.39 is 11.6 Å². The summed E-state index contributed by atoms with van der Waals surface area (Å²) in [6, 6.07) is 6.17. The first-order valence-corrected chi connectivity index (χ1v) is 13.4. The Kier molecular flexibility index (Phi) is 4.12. The molecule has 38 heavy (non-hydrogen) atoms. The van der Waals surface area contributed by atoms with Gasteiger partial charge in [0.05, 0.1) is 29.0 Å². The van der Waals surface area contributed by atoms with Gasteiger partial charge < -0.3 is 29.2 Å². The molecule has 6 aliphatic rings. The van der Waals surface area contributed by atoms with Crippen molar-refractivity contribution in [1.29, 1.82) is 0 Å². The summed E-state index contributed by atoms with van der Waals surface area (Å²) in [4.78, 5) is 31.4. The highest BCUT2D eigenvalue weighted by Gasteiger charge is 2.69. The predicted molar refractivity (Wildman–Crippen MR) is 137 cm³/mol. The van der Waals surface area contributed by atoms with Crippen molar-refractivity contribution in [3.63, 3.8) is 0 Å². The van der Waals surface area contributed by atoms with E-state index in [4.69, 9.17) is 19.2 Å². The van der Waals surface area contributed by atoms with E-state index in [1.54, 1.807) is 17.6 Å². The van der Waals surface area contributed by atoms with E-state index in [2.05, 4.69) is 19.2 Å². The molecule has 9 rings (SSSR count). The van der Waals surface area contributed by atoms with Crippen molar-refractivity contribution in [3.8, 4) is 22.9 Å². The largest absolute Gasteiger partial charge is 0.458 e. The molecule has 0 unspecified atom stereocenters. The molecule has 2 bridgehead atoms. The predicted octanol–water partition coefficient (Wildman–Crippen LogP) is 2.98. The maximum atomic E-state index is 13.8. The molecule has 1 atom stereocenters. The molecule has 0 amide bonds. The molecule has 0 radical (unpaired) electrons. The number of aromatic nitrogens is 2. The quantitative estimate of drug-likeness (QED) is 0.399. The minimum Gasteiger partial charge on any atom is -0.458 e. The Morgan fingerprint density at radius 2 is 1.82 bits per heavy atom. The van der Waals surface area contributed by atoms with Crippen molar-refractivity contribution in [3.05, 3.63) is 50.8 Å². The van der Waals surface area contributed by atoms with Crippen LogP contribution >= 0.6 is 0 Å². The van der Waals surface area contributed by atoms with Gasteiger partial charge in [-0.3, -0.25) is 4.79 Å². The van der Waals surface area contributed by atoms with Gasteiger partial charge in [-0.2, -0.15) is 0 Å². The van der Waals surface area contributed by atoms with Crippen LogP contribution in [0.2, 0.25) is 0 Å². The van der Waals surface area contributed by atoms with Crippen LogP contribution in [-0.4, -0.2) is 39.0 Å². The summed E-state index contributed by atoms with van der Waals surface area (Å²) < 4.78 is 18.4. The van der Waals surface area contributed by atoms with Crippen LogP contribution in [0.25, 0.3) is 22.3 Å². The third-order valence-electron chi connectivity index (χ3n) is 9.34. The van der Waals surface area contributed by atoms with Crippen LogP contribution in [0.15, 0.2) is 23.0 Å². The van der Waals surface area contributed by atoms with Crippen LogP contribution in [0.4, 0.5) is 0 Å². The molecular formula is C29H29N3O6. The standard InChI is InChI=1S/C29H29N3O6/c1-4-29(35)18-6-20-24-16(8-32(20)25(33)17(18)9-36-26(29)34)23(27-10-28(11-27,12-27)31-14(2)3)15-5-21-22(38-13-37-21)7-19(15)30-24/h5-7,14,31,35H,4,8-13H2,1-3H3/t27?,28?,29-/m0/s1. The number of ether oxygens (including phenoxy) is 3. The zero-order chi connectivity index (χ0) is 26.2. The summed E-state index contributed by atoms with van der Waals surface area (Å²) in [7, 11) is 0. The number of carbonyl (C=O) groups is 1. The highest BCUT2D eigenvalue weighted by molar-refractivity contribution is 5.93. The average molecular weight is 516 g/mol. The Labute approximate surface area is 218 Å². The van der Waals surface area contributed by atoms with Crippen molar-refractivity contribution < 1.29 is 24.1 Å². The number of aliphatic hydroxyl groups is 1. The molecule has 2 aromatic heterocycles. The summed E-state index contributed by atoms with van der Waals surface area (Å²) in [5.74, 6) is 0.663. The van der Waals surface area contributed by atoms with Gasteiger partial charge in [0.2, 0.25) is 6.79 Å². The molecule has 0 saturated heterocycles. The minimum atomic E-state index is -1.85. The topological polar surface area (TPSA) is 112 Å². The van der Waals surface area contributed by atoms with Gasteiger partial charge in [-0.1, -0.05) is 20.8 Å². The lowest BCUT2D eigenvalue weighted by Gasteiger charge is -2.72. The smallest absolute Gasteiger partial charge is 0.343 e. The second-order valence-electron chi connectivity index (χ2n) is 12.0. The monoisotopic (exact) mass is 515 g/mol. The second kappa shape index (κ2) is 6.95. The molecule has 3 fully saturated rings. The molecule has 2 N–H and O–H groups in total. The fraction of sp³-hybridized carbons (Fsp3) is 0.483. The summed E-state index contributed by atoms with van der Waals surface area (Å²) in [5, 5.41) is 16.0. The number of cyclic esters (lactones) is 1. The lowest BCUT2D eigenvalue weighted by Crippen LogP contribution is -2.77. The number of rotatable bonds is 4. The molecule has 196 valence electrons. The first kappa shape index (κ1) is 22.5. The fourth-order valence-electron chi connectivity index (χ4n) is 7.89. The Morgan fingerprint density at radius 3 is 2.53 bits per heavy atom. The zero-order valence-corrected chi connectivity index (χ0v) is 21.6. The van der Waals surface area contributed by atoms with Crippen LogP contribution < -0.4 is 20.3 Å². The lowest BCUT2D eigenvalue weighted by atomic mass is 9.36. The summed E-state index contributed by atoms with van der Waals surface area (Å²) in [6.45, 7) is 6.53. The highest BCUT2D eigenvalue weighted by Crippen LogP contribution is 2.70. The van der Waals surface area contributed by atoms with Gasteiger partial charge in [0, 0.05) is 39.6 Å². The van der Waals surface area contributed by atoms with Gasteiger partial charge in [0.25, 0.3) is 5.56 Å². The van der Waals surface area contributed by atoms with Gasteiger partial charge in [0.15, 0.2) is 17.1 Å². The lowest BCUT2D eigenvalue weighted by molar-refractivity contribution is -0.172. The van der Waals surface area contributed by atoms with Gasteiger partial charge >= 0.3 is 5.97 Å².